The summed E-state index contributed by atoms with van der Waals surface area (Å²) in [6, 6.07) is 1.40. The van der Waals surface area contributed by atoms with Crippen molar-refractivity contribution in [2.45, 2.75) is 26.7 Å². The lowest BCUT2D eigenvalue weighted by atomic mass is 10.1. The van der Waals surface area contributed by atoms with Crippen LogP contribution in [-0.4, -0.2) is 16.1 Å². The first-order chi connectivity index (χ1) is 7.51. The minimum Gasteiger partial charge on any atom is -0.317 e. The summed E-state index contributed by atoms with van der Waals surface area (Å²) in [6.45, 7) is 3.44. The van der Waals surface area contributed by atoms with Gasteiger partial charge in [0.1, 0.15) is 0 Å². The molecule has 0 aromatic carbocycles. The molecule has 0 N–H and O–H groups in total. The highest BCUT2D eigenvalue weighted by Crippen LogP contribution is 2.05. The van der Waals surface area contributed by atoms with Gasteiger partial charge in [0.2, 0.25) is 0 Å². The number of carbonyl (C=O) groups excluding carboxylic acids is 2. The molecular formula is C12H15NO3. The van der Waals surface area contributed by atoms with Gasteiger partial charge in [0, 0.05) is 31.6 Å². The van der Waals surface area contributed by atoms with E-state index < -0.39 is 0 Å². The number of rotatable bonds is 4. The molecule has 0 radical (unpaired) electrons. The zero-order valence-corrected chi connectivity index (χ0v) is 9.74. The molecule has 0 spiro atoms. The molecule has 0 bridgehead atoms. The van der Waals surface area contributed by atoms with Crippen LogP contribution in [0.1, 0.15) is 47.4 Å². The number of aryl methyl sites for hydroxylation is 1. The maximum Gasteiger partial charge on any atom is 0.261 e. The first-order valence-corrected chi connectivity index (χ1v) is 5.28. The number of aromatic nitrogens is 1. The number of carbonyl (C=O) groups is 2. The molecule has 0 fully saturated rings. The topological polar surface area (TPSA) is 56.1 Å². The lowest BCUT2D eigenvalue weighted by molar-refractivity contribution is 0.0986. The molecule has 0 aliphatic heterocycles. The van der Waals surface area contributed by atoms with E-state index in [1.165, 1.54) is 16.8 Å². The van der Waals surface area contributed by atoms with Gasteiger partial charge in [0.25, 0.3) is 5.56 Å². The Morgan fingerprint density at radius 3 is 2.25 bits per heavy atom. The van der Waals surface area contributed by atoms with Crippen molar-refractivity contribution in [3.63, 3.8) is 0 Å². The lowest BCUT2D eigenvalue weighted by Gasteiger charge is -2.05. The average molecular weight is 221 g/mol. The highest BCUT2D eigenvalue weighted by atomic mass is 16.1. The molecular weight excluding hydrogens is 206 g/mol. The van der Waals surface area contributed by atoms with Crippen molar-refractivity contribution in [1.29, 1.82) is 0 Å². The summed E-state index contributed by atoms with van der Waals surface area (Å²) in [4.78, 5) is 34.7. The summed E-state index contributed by atoms with van der Waals surface area (Å²) in [7, 11) is 1.54. The zero-order valence-electron chi connectivity index (χ0n) is 9.74. The maximum absolute atomic E-state index is 11.7. The van der Waals surface area contributed by atoms with E-state index in [0.717, 1.165) is 0 Å². The van der Waals surface area contributed by atoms with Gasteiger partial charge in [0.05, 0.1) is 5.56 Å². The van der Waals surface area contributed by atoms with E-state index in [4.69, 9.17) is 0 Å². The van der Waals surface area contributed by atoms with E-state index in [2.05, 4.69) is 0 Å². The van der Waals surface area contributed by atoms with Gasteiger partial charge in [-0.25, -0.2) is 0 Å². The lowest BCUT2D eigenvalue weighted by Crippen LogP contribution is -2.25. The van der Waals surface area contributed by atoms with Gasteiger partial charge in [-0.15, -0.1) is 0 Å². The van der Waals surface area contributed by atoms with Gasteiger partial charge < -0.3 is 4.57 Å². The molecule has 4 nitrogen and oxygen atoms in total. The smallest absolute Gasteiger partial charge is 0.261 e. The molecule has 0 saturated carbocycles. The van der Waals surface area contributed by atoms with Gasteiger partial charge in [-0.2, -0.15) is 0 Å². The van der Waals surface area contributed by atoms with Crippen LogP contribution >= 0.6 is 0 Å². The Labute approximate surface area is 93.9 Å². The van der Waals surface area contributed by atoms with E-state index in [9.17, 15) is 14.4 Å². The monoisotopic (exact) mass is 221 g/mol. The standard InChI is InChI=1S/C12H15NO3/c1-4-10(14)8-6-9(11(15)5-2)12(16)13(3)7-8/h6-7H,4-5H2,1-3H3. The van der Waals surface area contributed by atoms with Crippen molar-refractivity contribution in [1.82, 2.24) is 4.57 Å². The predicted molar refractivity (Wildman–Crippen MR) is 60.9 cm³/mol. The Morgan fingerprint density at radius 1 is 1.19 bits per heavy atom. The molecule has 4 heteroatoms. The number of Topliss-reactive ketones (excluding diaryl/α,β-unsaturated/α-hetero) is 2. The fraction of sp³-hybridized carbons (Fsp3) is 0.417. The molecule has 0 amide bonds. The molecule has 86 valence electrons. The number of pyridine rings is 1. The van der Waals surface area contributed by atoms with Crippen molar-refractivity contribution in [3.05, 3.63) is 33.7 Å². The Kier molecular flexibility index (Phi) is 3.77. The van der Waals surface area contributed by atoms with Crippen LogP contribution in [0.3, 0.4) is 0 Å². The number of ketones is 2. The summed E-state index contributed by atoms with van der Waals surface area (Å²) >= 11 is 0. The molecule has 1 aromatic rings. The maximum atomic E-state index is 11.7. The van der Waals surface area contributed by atoms with E-state index in [-0.39, 0.29) is 29.1 Å². The van der Waals surface area contributed by atoms with E-state index in [1.807, 2.05) is 0 Å². The minimum absolute atomic E-state index is 0.0687. The van der Waals surface area contributed by atoms with Crippen LogP contribution in [0.2, 0.25) is 0 Å². The normalized spacial score (nSPS) is 10.2. The summed E-state index contributed by atoms with van der Waals surface area (Å²) in [5, 5.41) is 0. The van der Waals surface area contributed by atoms with Gasteiger partial charge in [-0.05, 0) is 6.07 Å². The van der Waals surface area contributed by atoms with E-state index in [0.29, 0.717) is 12.0 Å². The van der Waals surface area contributed by atoms with Crippen molar-refractivity contribution in [2.24, 2.45) is 7.05 Å². The van der Waals surface area contributed by atoms with Gasteiger partial charge in [-0.1, -0.05) is 13.8 Å². The highest BCUT2D eigenvalue weighted by molar-refractivity contribution is 6.00. The predicted octanol–water partition coefficient (Wildman–Crippen LogP) is 1.57. The van der Waals surface area contributed by atoms with Gasteiger partial charge in [-0.3, -0.25) is 14.4 Å². The van der Waals surface area contributed by atoms with Gasteiger partial charge in [0.15, 0.2) is 11.6 Å². The van der Waals surface area contributed by atoms with Crippen LogP contribution < -0.4 is 5.56 Å². The van der Waals surface area contributed by atoms with Crippen LogP contribution in [0.15, 0.2) is 17.1 Å². The van der Waals surface area contributed by atoms with Gasteiger partial charge >= 0.3 is 0 Å². The van der Waals surface area contributed by atoms with E-state index in [1.54, 1.807) is 20.9 Å². The van der Waals surface area contributed by atoms with E-state index >= 15 is 0 Å². The third-order valence-corrected chi connectivity index (χ3v) is 2.45. The second kappa shape index (κ2) is 4.88. The Bertz CT molecular complexity index is 486. The molecule has 0 saturated heterocycles. The summed E-state index contributed by atoms with van der Waals surface area (Å²) in [5.74, 6) is -0.299. The molecule has 1 rings (SSSR count). The Balaban J connectivity index is 3.39. The van der Waals surface area contributed by atoms with Crippen molar-refractivity contribution in [2.75, 3.05) is 0 Å². The van der Waals surface area contributed by atoms with Crippen molar-refractivity contribution < 1.29 is 9.59 Å². The summed E-state index contributed by atoms with van der Waals surface area (Å²) in [5.41, 5.74) is 0.171. The second-order valence-corrected chi connectivity index (χ2v) is 3.61. The molecule has 0 aliphatic rings. The average Bonchev–Trinajstić information content (AvgIpc) is 2.30. The zero-order chi connectivity index (χ0) is 12.3. The molecule has 0 atom stereocenters. The molecule has 1 heterocycles. The Morgan fingerprint density at radius 2 is 1.75 bits per heavy atom. The fourth-order valence-electron chi connectivity index (χ4n) is 1.46. The van der Waals surface area contributed by atoms with Crippen LogP contribution in [-0.2, 0) is 7.05 Å². The van der Waals surface area contributed by atoms with Crippen molar-refractivity contribution >= 4 is 11.6 Å². The summed E-state index contributed by atoms with van der Waals surface area (Å²) < 4.78 is 1.28. The molecule has 0 unspecified atom stereocenters. The largest absolute Gasteiger partial charge is 0.317 e. The fourth-order valence-corrected chi connectivity index (χ4v) is 1.46. The third kappa shape index (κ3) is 2.27. The first-order valence-electron chi connectivity index (χ1n) is 5.28. The van der Waals surface area contributed by atoms with Crippen LogP contribution in [0, 0.1) is 0 Å². The molecule has 0 aliphatic carbocycles. The number of hydrogen-bond donors (Lipinski definition) is 0. The molecule has 16 heavy (non-hydrogen) atoms. The van der Waals surface area contributed by atoms with Crippen LogP contribution in [0.25, 0.3) is 0 Å². The van der Waals surface area contributed by atoms with Crippen LogP contribution in [0.5, 0.6) is 0 Å². The minimum atomic E-state index is -0.348. The third-order valence-electron chi connectivity index (χ3n) is 2.45. The second-order valence-electron chi connectivity index (χ2n) is 3.61. The van der Waals surface area contributed by atoms with Crippen molar-refractivity contribution in [3.8, 4) is 0 Å². The number of hydrogen-bond acceptors (Lipinski definition) is 3. The SMILES string of the molecule is CCC(=O)c1cc(C(=O)CC)c(=O)n(C)c1. The molecule has 1 aromatic heterocycles. The first kappa shape index (κ1) is 12.4. The number of nitrogens with zero attached hydrogens (tertiary/aromatic N) is 1. The summed E-state index contributed by atoms with van der Waals surface area (Å²) in [6.07, 6.45) is 2.09. The highest BCUT2D eigenvalue weighted by Gasteiger charge is 2.13. The quantitative estimate of drug-likeness (QED) is 0.725. The van der Waals surface area contributed by atoms with Crippen LogP contribution in [0.4, 0.5) is 0 Å². The Hall–Kier alpha value is -1.71.